The molecule has 0 heterocycles. The lowest BCUT2D eigenvalue weighted by molar-refractivity contribution is 0.100. The quantitative estimate of drug-likeness (QED) is 0.890. The largest absolute Gasteiger partial charge is 0.380 e. The summed E-state index contributed by atoms with van der Waals surface area (Å²) in [5.41, 5.74) is 7.47. The Morgan fingerprint density at radius 2 is 2.00 bits per heavy atom. The van der Waals surface area contributed by atoms with E-state index in [-0.39, 0.29) is 0 Å². The molecule has 0 saturated heterocycles. The zero-order chi connectivity index (χ0) is 13.8. The first-order valence-corrected chi connectivity index (χ1v) is 6.81. The Kier molecular flexibility index (Phi) is 4.45. The van der Waals surface area contributed by atoms with E-state index in [1.165, 1.54) is 0 Å². The maximum absolute atomic E-state index is 11.1. The molecule has 2 aromatic rings. The minimum atomic E-state index is -0.472. The molecule has 3 N–H and O–H groups in total. The SMILES string of the molecule is NC(=O)c1ccc(Cl)c(NCc2ccccc2Br)c1. The molecule has 0 radical (unpaired) electrons. The fraction of sp³-hybridized carbons (Fsp3) is 0.0714. The van der Waals surface area contributed by atoms with Crippen LogP contribution < -0.4 is 11.1 Å². The molecule has 0 aliphatic rings. The molecule has 0 saturated carbocycles. The number of benzene rings is 2. The predicted molar refractivity (Wildman–Crippen MR) is 81.4 cm³/mol. The highest BCUT2D eigenvalue weighted by atomic mass is 79.9. The third-order valence-electron chi connectivity index (χ3n) is 2.68. The van der Waals surface area contributed by atoms with Gasteiger partial charge in [0.05, 0.1) is 10.7 Å². The van der Waals surface area contributed by atoms with Crippen molar-refractivity contribution in [3.63, 3.8) is 0 Å². The van der Waals surface area contributed by atoms with Gasteiger partial charge >= 0.3 is 0 Å². The summed E-state index contributed by atoms with van der Waals surface area (Å²) < 4.78 is 1.02. The van der Waals surface area contributed by atoms with Crippen LogP contribution in [0.3, 0.4) is 0 Å². The lowest BCUT2D eigenvalue weighted by atomic mass is 10.1. The molecule has 0 atom stereocenters. The predicted octanol–water partition coefficient (Wildman–Crippen LogP) is 3.81. The first-order chi connectivity index (χ1) is 9.08. The first-order valence-electron chi connectivity index (χ1n) is 5.64. The Labute approximate surface area is 124 Å². The van der Waals surface area contributed by atoms with Crippen LogP contribution in [0.1, 0.15) is 15.9 Å². The second-order valence-corrected chi connectivity index (χ2v) is 5.27. The number of halogens is 2. The van der Waals surface area contributed by atoms with E-state index in [4.69, 9.17) is 17.3 Å². The molecule has 0 unspecified atom stereocenters. The second kappa shape index (κ2) is 6.08. The molecule has 0 fully saturated rings. The van der Waals surface area contributed by atoms with E-state index in [0.717, 1.165) is 10.0 Å². The van der Waals surface area contributed by atoms with Crippen molar-refractivity contribution in [2.75, 3.05) is 5.32 Å². The van der Waals surface area contributed by atoms with E-state index < -0.39 is 5.91 Å². The molecule has 0 aromatic heterocycles. The zero-order valence-corrected chi connectivity index (χ0v) is 12.3. The highest BCUT2D eigenvalue weighted by Gasteiger charge is 2.06. The number of rotatable bonds is 4. The van der Waals surface area contributed by atoms with Gasteiger partial charge in [-0.2, -0.15) is 0 Å². The molecular formula is C14H12BrClN2O. The van der Waals surface area contributed by atoms with Crippen molar-refractivity contribution >= 4 is 39.1 Å². The summed E-state index contributed by atoms with van der Waals surface area (Å²) in [5.74, 6) is -0.472. The van der Waals surface area contributed by atoms with E-state index in [1.54, 1.807) is 18.2 Å². The molecule has 5 heteroatoms. The number of primary amides is 1. The summed E-state index contributed by atoms with van der Waals surface area (Å²) in [4.78, 5) is 11.1. The van der Waals surface area contributed by atoms with Crippen molar-refractivity contribution in [2.24, 2.45) is 5.73 Å². The van der Waals surface area contributed by atoms with Gasteiger partial charge in [-0.3, -0.25) is 4.79 Å². The van der Waals surface area contributed by atoms with Crippen LogP contribution in [0, 0.1) is 0 Å². The highest BCUT2D eigenvalue weighted by Crippen LogP contribution is 2.24. The lowest BCUT2D eigenvalue weighted by Gasteiger charge is -2.10. The minimum absolute atomic E-state index is 0.430. The Morgan fingerprint density at radius 1 is 1.26 bits per heavy atom. The van der Waals surface area contributed by atoms with Gasteiger partial charge in [0, 0.05) is 16.6 Å². The van der Waals surface area contributed by atoms with E-state index in [9.17, 15) is 4.79 Å². The first kappa shape index (κ1) is 13.9. The average Bonchev–Trinajstić information content (AvgIpc) is 2.39. The van der Waals surface area contributed by atoms with Gasteiger partial charge in [0.1, 0.15) is 0 Å². The Bertz CT molecular complexity index is 616. The summed E-state index contributed by atoms with van der Waals surface area (Å²) in [5, 5.41) is 3.75. The van der Waals surface area contributed by atoms with Crippen LogP contribution in [0.15, 0.2) is 46.9 Å². The number of hydrogen-bond acceptors (Lipinski definition) is 2. The molecule has 2 rings (SSSR count). The second-order valence-electron chi connectivity index (χ2n) is 4.00. The number of nitrogens with one attached hydrogen (secondary N) is 1. The number of anilines is 1. The molecule has 0 bridgehead atoms. The third-order valence-corrected chi connectivity index (χ3v) is 3.78. The van der Waals surface area contributed by atoms with E-state index in [1.807, 2.05) is 24.3 Å². The highest BCUT2D eigenvalue weighted by molar-refractivity contribution is 9.10. The number of carbonyl (C=O) groups is 1. The van der Waals surface area contributed by atoms with Gasteiger partial charge in [-0.05, 0) is 29.8 Å². The van der Waals surface area contributed by atoms with Crippen molar-refractivity contribution < 1.29 is 4.79 Å². The van der Waals surface area contributed by atoms with Gasteiger partial charge in [-0.25, -0.2) is 0 Å². The van der Waals surface area contributed by atoms with Gasteiger partial charge in [0.25, 0.3) is 0 Å². The fourth-order valence-corrected chi connectivity index (χ4v) is 2.26. The fourth-order valence-electron chi connectivity index (χ4n) is 1.65. The maximum atomic E-state index is 11.1. The topological polar surface area (TPSA) is 55.1 Å². The molecule has 0 aliphatic heterocycles. The molecule has 98 valence electrons. The minimum Gasteiger partial charge on any atom is -0.380 e. The Morgan fingerprint density at radius 3 is 2.68 bits per heavy atom. The monoisotopic (exact) mass is 338 g/mol. The van der Waals surface area contributed by atoms with E-state index in [0.29, 0.717) is 22.8 Å². The molecule has 2 aromatic carbocycles. The summed E-state index contributed by atoms with van der Waals surface area (Å²) in [7, 11) is 0. The van der Waals surface area contributed by atoms with Crippen molar-refractivity contribution in [1.29, 1.82) is 0 Å². The number of nitrogens with two attached hydrogens (primary N) is 1. The van der Waals surface area contributed by atoms with Crippen LogP contribution in [0.25, 0.3) is 0 Å². The van der Waals surface area contributed by atoms with Gasteiger partial charge in [-0.1, -0.05) is 45.7 Å². The van der Waals surface area contributed by atoms with Crippen LogP contribution in [-0.4, -0.2) is 5.91 Å². The van der Waals surface area contributed by atoms with Crippen molar-refractivity contribution in [3.05, 3.63) is 63.1 Å². The van der Waals surface area contributed by atoms with Gasteiger partial charge in [0.15, 0.2) is 0 Å². The summed E-state index contributed by atoms with van der Waals surface area (Å²) in [6.07, 6.45) is 0. The molecule has 3 nitrogen and oxygen atoms in total. The average molecular weight is 340 g/mol. The van der Waals surface area contributed by atoms with Crippen molar-refractivity contribution in [1.82, 2.24) is 0 Å². The number of hydrogen-bond donors (Lipinski definition) is 2. The van der Waals surface area contributed by atoms with Gasteiger partial charge in [-0.15, -0.1) is 0 Å². The lowest BCUT2D eigenvalue weighted by Crippen LogP contribution is -2.11. The Hall–Kier alpha value is -1.52. The van der Waals surface area contributed by atoms with Gasteiger partial charge < -0.3 is 11.1 Å². The smallest absolute Gasteiger partial charge is 0.248 e. The van der Waals surface area contributed by atoms with Crippen LogP contribution >= 0.6 is 27.5 Å². The van der Waals surface area contributed by atoms with Crippen LogP contribution in [0.4, 0.5) is 5.69 Å². The number of carbonyl (C=O) groups excluding carboxylic acids is 1. The summed E-state index contributed by atoms with van der Waals surface area (Å²) in [6, 6.07) is 12.8. The normalized spacial score (nSPS) is 10.2. The van der Waals surface area contributed by atoms with Crippen LogP contribution in [0.2, 0.25) is 5.02 Å². The summed E-state index contributed by atoms with van der Waals surface area (Å²) >= 11 is 9.56. The maximum Gasteiger partial charge on any atom is 0.248 e. The van der Waals surface area contributed by atoms with Crippen LogP contribution in [0.5, 0.6) is 0 Å². The van der Waals surface area contributed by atoms with E-state index >= 15 is 0 Å². The van der Waals surface area contributed by atoms with Crippen molar-refractivity contribution in [2.45, 2.75) is 6.54 Å². The molecule has 0 spiro atoms. The summed E-state index contributed by atoms with van der Waals surface area (Å²) in [6.45, 7) is 0.601. The Balaban J connectivity index is 2.17. The zero-order valence-electron chi connectivity index (χ0n) is 9.99. The van der Waals surface area contributed by atoms with E-state index in [2.05, 4.69) is 21.2 Å². The van der Waals surface area contributed by atoms with Crippen LogP contribution in [-0.2, 0) is 6.54 Å². The molecule has 19 heavy (non-hydrogen) atoms. The standard InChI is InChI=1S/C14H12BrClN2O/c15-11-4-2-1-3-10(11)8-18-13-7-9(14(17)19)5-6-12(13)16/h1-7,18H,8H2,(H2,17,19). The molecule has 1 amide bonds. The molecule has 0 aliphatic carbocycles. The van der Waals surface area contributed by atoms with Gasteiger partial charge in [0.2, 0.25) is 5.91 Å². The molecular weight excluding hydrogens is 328 g/mol. The third kappa shape index (κ3) is 3.49. The van der Waals surface area contributed by atoms with Crippen molar-refractivity contribution in [3.8, 4) is 0 Å². The number of amides is 1.